The Kier molecular flexibility index (Phi) is 3.09. The molecule has 0 unspecified atom stereocenters. The van der Waals surface area contributed by atoms with Crippen LogP contribution in [0.2, 0.25) is 0 Å². The molecule has 3 rings (SSSR count). The molecule has 1 aromatic rings. The van der Waals surface area contributed by atoms with Crippen LogP contribution < -0.4 is 9.47 Å². The van der Waals surface area contributed by atoms with Crippen LogP contribution in [0, 0.1) is 6.92 Å². The summed E-state index contributed by atoms with van der Waals surface area (Å²) in [5.41, 5.74) is 3.63. The van der Waals surface area contributed by atoms with Gasteiger partial charge in [0.25, 0.3) is 0 Å². The van der Waals surface area contributed by atoms with Crippen molar-refractivity contribution in [1.82, 2.24) is 0 Å². The molecule has 21 heavy (non-hydrogen) atoms. The van der Waals surface area contributed by atoms with Crippen molar-refractivity contribution in [1.29, 1.82) is 0 Å². The van der Waals surface area contributed by atoms with Crippen LogP contribution in [0.5, 0.6) is 11.5 Å². The molecule has 3 nitrogen and oxygen atoms in total. The fraction of sp³-hybridized carbons (Fsp3) is 0.611. The van der Waals surface area contributed by atoms with E-state index in [2.05, 4.69) is 27.7 Å². The summed E-state index contributed by atoms with van der Waals surface area (Å²) in [5, 5.41) is 0. The molecule has 0 spiro atoms. The number of hydrogen-bond acceptors (Lipinski definition) is 3. The van der Waals surface area contributed by atoms with E-state index in [1.165, 1.54) is 5.56 Å². The van der Waals surface area contributed by atoms with Crippen molar-refractivity contribution in [3.05, 3.63) is 22.3 Å². The topological polar surface area (TPSA) is 35.5 Å². The van der Waals surface area contributed by atoms with Gasteiger partial charge in [-0.15, -0.1) is 0 Å². The summed E-state index contributed by atoms with van der Waals surface area (Å²) in [5.74, 6) is 1.72. The number of ether oxygens (including phenoxy) is 2. The number of rotatable bonds is 1. The third-order valence-electron chi connectivity index (χ3n) is 4.75. The number of carbonyl (C=O) groups excluding carboxylic acids is 1. The third-order valence-corrected chi connectivity index (χ3v) is 4.75. The Hall–Kier alpha value is -1.51. The number of aldehydes is 1. The maximum Gasteiger partial charge on any atom is 0.154 e. The highest BCUT2D eigenvalue weighted by Gasteiger charge is 2.37. The van der Waals surface area contributed by atoms with Crippen molar-refractivity contribution in [3.63, 3.8) is 0 Å². The van der Waals surface area contributed by atoms with E-state index in [4.69, 9.17) is 9.47 Å². The molecule has 0 amide bonds. The molecular weight excluding hydrogens is 264 g/mol. The van der Waals surface area contributed by atoms with Crippen LogP contribution in [0.15, 0.2) is 0 Å². The predicted molar refractivity (Wildman–Crippen MR) is 82.6 cm³/mol. The Morgan fingerprint density at radius 2 is 1.43 bits per heavy atom. The lowest BCUT2D eigenvalue weighted by Crippen LogP contribution is -2.37. The second kappa shape index (κ2) is 4.49. The van der Waals surface area contributed by atoms with E-state index < -0.39 is 0 Å². The van der Waals surface area contributed by atoms with E-state index in [1.807, 2.05) is 6.92 Å². The molecule has 114 valence electrons. The van der Waals surface area contributed by atoms with Gasteiger partial charge in [0.15, 0.2) is 6.29 Å². The minimum Gasteiger partial charge on any atom is -0.487 e. The average molecular weight is 288 g/mol. The molecule has 2 aliphatic heterocycles. The normalized spacial score (nSPS) is 21.6. The molecule has 0 saturated carbocycles. The zero-order chi connectivity index (χ0) is 15.4. The van der Waals surface area contributed by atoms with E-state index >= 15 is 0 Å². The lowest BCUT2D eigenvalue weighted by Gasteiger charge is -2.40. The summed E-state index contributed by atoms with van der Waals surface area (Å²) < 4.78 is 12.4. The molecule has 1 aromatic carbocycles. The van der Waals surface area contributed by atoms with Gasteiger partial charge in [-0.05, 0) is 71.4 Å². The molecule has 2 heterocycles. The van der Waals surface area contributed by atoms with E-state index in [0.29, 0.717) is 5.56 Å². The number of fused-ring (bicyclic) bond motifs is 3. The second-order valence-corrected chi connectivity index (χ2v) is 7.50. The first kappa shape index (κ1) is 14.4. The summed E-state index contributed by atoms with van der Waals surface area (Å²) in [6.45, 7) is 10.4. The lowest BCUT2D eigenvalue weighted by molar-refractivity contribution is 0.0655. The molecule has 2 aliphatic rings. The van der Waals surface area contributed by atoms with Gasteiger partial charge < -0.3 is 9.47 Å². The van der Waals surface area contributed by atoms with E-state index in [0.717, 1.165) is 54.6 Å². The van der Waals surface area contributed by atoms with Crippen molar-refractivity contribution >= 4 is 6.29 Å². The molecule has 3 heteroatoms. The molecule has 0 radical (unpaired) electrons. The highest BCUT2D eigenvalue weighted by atomic mass is 16.5. The van der Waals surface area contributed by atoms with Gasteiger partial charge in [-0.3, -0.25) is 4.79 Å². The SMILES string of the molecule is Cc1c(C=O)c2c(c3c1CCC(C)(C)O3)CCC(C)(C)O2. The first-order chi connectivity index (χ1) is 9.74. The summed E-state index contributed by atoms with van der Waals surface area (Å²) in [7, 11) is 0. The molecule has 0 bridgehead atoms. The van der Waals surface area contributed by atoms with Gasteiger partial charge in [0, 0.05) is 5.56 Å². The predicted octanol–water partition coefficient (Wildman–Crippen LogP) is 4.01. The highest BCUT2D eigenvalue weighted by molar-refractivity contribution is 5.85. The standard InChI is InChI=1S/C18H24O3/c1-11-12-6-8-17(2,3)20-15(12)13-7-9-18(4,5)21-16(13)14(11)10-19/h10H,6-9H2,1-5H3. The molecule has 0 atom stereocenters. The Morgan fingerprint density at radius 1 is 0.905 bits per heavy atom. The van der Waals surface area contributed by atoms with Crippen molar-refractivity contribution in [2.45, 2.75) is 71.5 Å². The van der Waals surface area contributed by atoms with Crippen LogP contribution in [0.1, 0.15) is 67.6 Å². The Balaban J connectivity index is 2.24. The summed E-state index contributed by atoms with van der Waals surface area (Å²) in [6.07, 6.45) is 4.73. The number of carbonyl (C=O) groups is 1. The molecule has 0 fully saturated rings. The molecule has 0 aliphatic carbocycles. The van der Waals surface area contributed by atoms with E-state index in [1.54, 1.807) is 0 Å². The maximum absolute atomic E-state index is 11.6. The van der Waals surface area contributed by atoms with Gasteiger partial charge >= 0.3 is 0 Å². The van der Waals surface area contributed by atoms with Gasteiger partial charge in [-0.2, -0.15) is 0 Å². The van der Waals surface area contributed by atoms with Crippen LogP contribution in [-0.4, -0.2) is 17.5 Å². The lowest BCUT2D eigenvalue weighted by atomic mass is 9.84. The van der Waals surface area contributed by atoms with E-state index in [9.17, 15) is 4.79 Å². The van der Waals surface area contributed by atoms with Crippen LogP contribution in [0.3, 0.4) is 0 Å². The van der Waals surface area contributed by atoms with Crippen LogP contribution in [-0.2, 0) is 12.8 Å². The minimum absolute atomic E-state index is 0.150. The van der Waals surface area contributed by atoms with Gasteiger partial charge in [0.05, 0.1) is 5.56 Å². The summed E-state index contributed by atoms with van der Waals surface area (Å²) in [4.78, 5) is 11.6. The van der Waals surface area contributed by atoms with Crippen molar-refractivity contribution in [3.8, 4) is 11.5 Å². The average Bonchev–Trinajstić information content (AvgIpc) is 2.36. The van der Waals surface area contributed by atoms with Crippen molar-refractivity contribution in [2.75, 3.05) is 0 Å². The maximum atomic E-state index is 11.6. The Bertz CT molecular complexity index is 612. The van der Waals surface area contributed by atoms with Crippen molar-refractivity contribution in [2.24, 2.45) is 0 Å². The second-order valence-electron chi connectivity index (χ2n) is 7.50. The van der Waals surface area contributed by atoms with Gasteiger partial charge in [-0.25, -0.2) is 0 Å². The molecule has 0 N–H and O–H groups in total. The molecular formula is C18H24O3. The quantitative estimate of drug-likeness (QED) is 0.732. The number of hydrogen-bond donors (Lipinski definition) is 0. The summed E-state index contributed by atoms with van der Waals surface area (Å²) >= 11 is 0. The van der Waals surface area contributed by atoms with Gasteiger partial charge in [0.1, 0.15) is 22.7 Å². The zero-order valence-corrected chi connectivity index (χ0v) is 13.6. The largest absolute Gasteiger partial charge is 0.487 e. The first-order valence-electron chi connectivity index (χ1n) is 7.76. The summed E-state index contributed by atoms with van der Waals surface area (Å²) in [6, 6.07) is 0. The van der Waals surface area contributed by atoms with Crippen LogP contribution in [0.4, 0.5) is 0 Å². The van der Waals surface area contributed by atoms with Gasteiger partial charge in [0.2, 0.25) is 0 Å². The Labute approximate surface area is 126 Å². The van der Waals surface area contributed by atoms with Gasteiger partial charge in [-0.1, -0.05) is 0 Å². The smallest absolute Gasteiger partial charge is 0.154 e. The fourth-order valence-corrected chi connectivity index (χ4v) is 3.37. The zero-order valence-electron chi connectivity index (χ0n) is 13.6. The highest BCUT2D eigenvalue weighted by Crippen LogP contribution is 2.48. The Morgan fingerprint density at radius 3 is 2.00 bits per heavy atom. The first-order valence-corrected chi connectivity index (χ1v) is 7.76. The van der Waals surface area contributed by atoms with Crippen LogP contribution in [0.25, 0.3) is 0 Å². The minimum atomic E-state index is -0.227. The van der Waals surface area contributed by atoms with Crippen LogP contribution >= 0.6 is 0 Å². The molecule has 0 aromatic heterocycles. The monoisotopic (exact) mass is 288 g/mol. The van der Waals surface area contributed by atoms with E-state index in [-0.39, 0.29) is 11.2 Å². The fourth-order valence-electron chi connectivity index (χ4n) is 3.37. The third kappa shape index (κ3) is 2.33. The molecule has 0 saturated heterocycles. The van der Waals surface area contributed by atoms with Crippen molar-refractivity contribution < 1.29 is 14.3 Å². The number of benzene rings is 1.